The predicted octanol–water partition coefficient (Wildman–Crippen LogP) is 3.33. The van der Waals surface area contributed by atoms with Crippen LogP contribution in [0, 0.1) is 5.82 Å². The molecule has 0 saturated heterocycles. The maximum Gasteiger partial charge on any atom is 0.343 e. The van der Waals surface area contributed by atoms with Crippen LogP contribution in [0.3, 0.4) is 0 Å². The Kier molecular flexibility index (Phi) is 4.14. The molecule has 3 heterocycles. The summed E-state index contributed by atoms with van der Waals surface area (Å²) in [7, 11) is 0. The van der Waals surface area contributed by atoms with Gasteiger partial charge in [-0.2, -0.15) is 0 Å². The van der Waals surface area contributed by atoms with Crippen LogP contribution < -0.4 is 10.2 Å². The third-order valence-corrected chi connectivity index (χ3v) is 4.63. The van der Waals surface area contributed by atoms with Gasteiger partial charge in [-0.1, -0.05) is 0 Å². The van der Waals surface area contributed by atoms with E-state index in [2.05, 4.69) is 4.98 Å². The molecular formula is C20H17FN2O4. The molecule has 4 rings (SSSR count). The van der Waals surface area contributed by atoms with Gasteiger partial charge in [0.1, 0.15) is 18.0 Å². The molecule has 0 N–H and O–H groups in total. The molecule has 27 heavy (non-hydrogen) atoms. The number of rotatable bonds is 3. The van der Waals surface area contributed by atoms with E-state index in [0.29, 0.717) is 16.8 Å². The number of nitrogens with zero attached hydrogens (tertiary/aromatic N) is 2. The van der Waals surface area contributed by atoms with Gasteiger partial charge in [-0.3, -0.25) is 9.78 Å². The fraction of sp³-hybridized carbons (Fsp3) is 0.250. The van der Waals surface area contributed by atoms with Crippen molar-refractivity contribution in [2.75, 3.05) is 13.2 Å². The zero-order valence-electron chi connectivity index (χ0n) is 14.9. The van der Waals surface area contributed by atoms with Gasteiger partial charge in [0.05, 0.1) is 29.1 Å². The Morgan fingerprint density at radius 3 is 2.85 bits per heavy atom. The Bertz CT molecular complexity index is 1110. The van der Waals surface area contributed by atoms with Gasteiger partial charge in [0, 0.05) is 18.6 Å². The van der Waals surface area contributed by atoms with Gasteiger partial charge in [0.25, 0.3) is 0 Å². The van der Waals surface area contributed by atoms with E-state index in [1.807, 2.05) is 6.92 Å². The Labute approximate surface area is 154 Å². The minimum Gasteiger partial charge on any atom is -0.488 e. The quantitative estimate of drug-likeness (QED) is 0.663. The number of esters is 1. The lowest BCUT2D eigenvalue weighted by Crippen LogP contribution is -2.27. The van der Waals surface area contributed by atoms with E-state index in [9.17, 15) is 9.59 Å². The van der Waals surface area contributed by atoms with Crippen LogP contribution in [0.25, 0.3) is 22.0 Å². The first-order chi connectivity index (χ1) is 13.0. The fourth-order valence-electron chi connectivity index (χ4n) is 3.37. The smallest absolute Gasteiger partial charge is 0.343 e. The van der Waals surface area contributed by atoms with Gasteiger partial charge < -0.3 is 14.0 Å². The lowest BCUT2D eigenvalue weighted by molar-refractivity contribution is 0.0523. The average molecular weight is 368 g/mol. The number of benzene rings is 1. The van der Waals surface area contributed by atoms with Crippen molar-refractivity contribution in [2.24, 2.45) is 0 Å². The predicted molar refractivity (Wildman–Crippen MR) is 97.6 cm³/mol. The summed E-state index contributed by atoms with van der Waals surface area (Å²) < 4.78 is 27.6. The van der Waals surface area contributed by atoms with Gasteiger partial charge in [0.15, 0.2) is 5.75 Å². The van der Waals surface area contributed by atoms with E-state index >= 15 is 4.39 Å². The van der Waals surface area contributed by atoms with E-state index in [1.165, 1.54) is 6.20 Å². The first kappa shape index (κ1) is 17.2. The number of hydrogen-bond acceptors (Lipinski definition) is 5. The Morgan fingerprint density at radius 2 is 2.15 bits per heavy atom. The molecule has 7 heteroatoms. The molecule has 0 radical (unpaired) electrons. The topological polar surface area (TPSA) is 70.4 Å². The standard InChI is InChI=1S/C20H17FN2O4/c1-3-26-20(25)14-9-23-11(2)10-27-19-16(12-4-6-22-7-5-12)15(21)8-13(17(19)23)18(14)24/h4-9,11H,3,10H2,1-2H3/t11-/m0/s1. The van der Waals surface area contributed by atoms with Crippen molar-refractivity contribution in [2.45, 2.75) is 19.9 Å². The summed E-state index contributed by atoms with van der Waals surface area (Å²) in [5, 5.41) is 0.0948. The van der Waals surface area contributed by atoms with Crippen LogP contribution in [0.1, 0.15) is 30.2 Å². The monoisotopic (exact) mass is 368 g/mol. The second-order valence-corrected chi connectivity index (χ2v) is 6.35. The van der Waals surface area contributed by atoms with Crippen molar-refractivity contribution in [3.05, 3.63) is 58.4 Å². The zero-order valence-corrected chi connectivity index (χ0v) is 14.9. The van der Waals surface area contributed by atoms with Crippen LogP contribution in [0.4, 0.5) is 4.39 Å². The molecule has 0 bridgehead atoms. The van der Waals surface area contributed by atoms with Gasteiger partial charge in [-0.15, -0.1) is 0 Å². The summed E-state index contributed by atoms with van der Waals surface area (Å²) in [6, 6.07) is 4.39. The third kappa shape index (κ3) is 2.66. The minimum absolute atomic E-state index is 0.0948. The number of halogens is 1. The fourth-order valence-corrected chi connectivity index (χ4v) is 3.37. The van der Waals surface area contributed by atoms with Crippen LogP contribution in [-0.4, -0.2) is 28.7 Å². The molecule has 3 aromatic rings. The first-order valence-corrected chi connectivity index (χ1v) is 8.64. The van der Waals surface area contributed by atoms with Crippen molar-refractivity contribution in [3.63, 3.8) is 0 Å². The van der Waals surface area contributed by atoms with Crippen molar-refractivity contribution in [3.8, 4) is 16.9 Å². The SMILES string of the molecule is CCOC(=O)c1cn2c3c(c(-c4ccncc4)c(F)cc3c1=O)OC[C@@H]2C. The van der Waals surface area contributed by atoms with Crippen LogP contribution >= 0.6 is 0 Å². The molecule has 0 amide bonds. The van der Waals surface area contributed by atoms with Crippen LogP contribution in [-0.2, 0) is 4.74 Å². The molecule has 1 aromatic carbocycles. The molecule has 1 aliphatic rings. The normalized spacial score (nSPS) is 15.4. The van der Waals surface area contributed by atoms with Gasteiger partial charge in [-0.05, 0) is 37.6 Å². The summed E-state index contributed by atoms with van der Waals surface area (Å²) >= 11 is 0. The van der Waals surface area contributed by atoms with Crippen molar-refractivity contribution < 1.29 is 18.7 Å². The molecule has 2 aromatic heterocycles. The molecular weight excluding hydrogens is 351 g/mol. The maximum atomic E-state index is 15.0. The molecule has 0 spiro atoms. The van der Waals surface area contributed by atoms with Crippen LogP contribution in [0.5, 0.6) is 5.75 Å². The van der Waals surface area contributed by atoms with E-state index in [1.54, 1.807) is 36.0 Å². The molecule has 6 nitrogen and oxygen atoms in total. The largest absolute Gasteiger partial charge is 0.488 e. The highest BCUT2D eigenvalue weighted by Gasteiger charge is 2.28. The summed E-state index contributed by atoms with van der Waals surface area (Å²) in [5.74, 6) is -1.02. The van der Waals surface area contributed by atoms with Gasteiger partial charge >= 0.3 is 5.97 Å². The average Bonchev–Trinajstić information content (AvgIpc) is 2.66. The molecule has 138 valence electrons. The second-order valence-electron chi connectivity index (χ2n) is 6.35. The third-order valence-electron chi connectivity index (χ3n) is 4.63. The second kappa shape index (κ2) is 6.50. The number of hydrogen-bond donors (Lipinski definition) is 0. The lowest BCUT2D eigenvalue weighted by atomic mass is 9.99. The molecule has 1 atom stereocenters. The summed E-state index contributed by atoms with van der Waals surface area (Å²) in [5.41, 5.74) is 0.662. The molecule has 0 unspecified atom stereocenters. The van der Waals surface area contributed by atoms with E-state index in [-0.39, 0.29) is 35.8 Å². The highest BCUT2D eigenvalue weighted by atomic mass is 19.1. The van der Waals surface area contributed by atoms with E-state index in [0.717, 1.165) is 6.07 Å². The van der Waals surface area contributed by atoms with Crippen LogP contribution in [0.2, 0.25) is 0 Å². The van der Waals surface area contributed by atoms with Gasteiger partial charge in [0.2, 0.25) is 5.43 Å². The molecule has 0 saturated carbocycles. The molecule has 0 fully saturated rings. The highest BCUT2D eigenvalue weighted by molar-refractivity contribution is 5.98. The first-order valence-electron chi connectivity index (χ1n) is 8.64. The number of pyridine rings is 2. The zero-order chi connectivity index (χ0) is 19.1. The van der Waals surface area contributed by atoms with E-state index < -0.39 is 17.2 Å². The number of carbonyl (C=O) groups is 1. The number of carbonyl (C=O) groups excluding carboxylic acids is 1. The lowest BCUT2D eigenvalue weighted by Gasteiger charge is -2.28. The molecule has 0 aliphatic carbocycles. The maximum absolute atomic E-state index is 15.0. The Morgan fingerprint density at radius 1 is 1.41 bits per heavy atom. The summed E-state index contributed by atoms with van der Waals surface area (Å²) in [4.78, 5) is 29.0. The number of ether oxygens (including phenoxy) is 2. The van der Waals surface area contributed by atoms with Crippen LogP contribution in [0.15, 0.2) is 41.6 Å². The van der Waals surface area contributed by atoms with E-state index in [4.69, 9.17) is 9.47 Å². The Hall–Kier alpha value is -3.22. The highest BCUT2D eigenvalue weighted by Crippen LogP contribution is 2.41. The summed E-state index contributed by atoms with van der Waals surface area (Å²) in [6.45, 7) is 4.00. The molecule has 1 aliphatic heterocycles. The van der Waals surface area contributed by atoms with Gasteiger partial charge in [-0.25, -0.2) is 9.18 Å². The van der Waals surface area contributed by atoms with Crippen molar-refractivity contribution >= 4 is 16.9 Å². The number of aromatic nitrogens is 2. The Balaban J connectivity index is 2.09. The van der Waals surface area contributed by atoms with Crippen molar-refractivity contribution in [1.82, 2.24) is 9.55 Å². The minimum atomic E-state index is -0.716. The van der Waals surface area contributed by atoms with Crippen molar-refractivity contribution in [1.29, 1.82) is 0 Å². The summed E-state index contributed by atoms with van der Waals surface area (Å²) in [6.07, 6.45) is 4.61.